The van der Waals surface area contributed by atoms with Gasteiger partial charge in [-0.3, -0.25) is 4.79 Å². The van der Waals surface area contributed by atoms with Gasteiger partial charge in [-0.15, -0.1) is 0 Å². The van der Waals surface area contributed by atoms with Gasteiger partial charge in [-0.05, 0) is 63.2 Å². The summed E-state index contributed by atoms with van der Waals surface area (Å²) in [5.41, 5.74) is 2.17. The normalized spacial score (nSPS) is 13.8. The van der Waals surface area contributed by atoms with E-state index in [0.717, 1.165) is 29.6 Å². The number of rotatable bonds is 9. The third kappa shape index (κ3) is 5.11. The van der Waals surface area contributed by atoms with Crippen LogP contribution >= 0.6 is 0 Å². The number of likely N-dealkylation sites (tertiary alicyclic amines) is 1. The van der Waals surface area contributed by atoms with Gasteiger partial charge in [0.2, 0.25) is 0 Å². The minimum absolute atomic E-state index is 0.0830. The van der Waals surface area contributed by atoms with Crippen molar-refractivity contribution in [1.82, 2.24) is 15.2 Å². The van der Waals surface area contributed by atoms with Gasteiger partial charge in [0, 0.05) is 23.7 Å². The second-order valence-corrected chi connectivity index (χ2v) is 7.93. The molecule has 1 fully saturated rings. The number of methoxy groups -OCH3 is 2. The van der Waals surface area contributed by atoms with Crippen molar-refractivity contribution < 1.29 is 14.3 Å². The summed E-state index contributed by atoms with van der Waals surface area (Å²) in [5, 5.41) is 7.21. The molecule has 32 heavy (non-hydrogen) atoms. The smallest absolute Gasteiger partial charge is 0.252 e. The molecule has 2 heterocycles. The molecule has 2 N–H and O–H groups in total. The minimum Gasteiger partial charge on any atom is -0.493 e. The van der Waals surface area contributed by atoms with Gasteiger partial charge in [0.05, 0.1) is 25.3 Å². The van der Waals surface area contributed by atoms with Crippen LogP contribution in [0, 0.1) is 0 Å². The minimum atomic E-state index is -0.0830. The molecule has 168 valence electrons. The van der Waals surface area contributed by atoms with E-state index in [2.05, 4.69) is 15.5 Å². The maximum Gasteiger partial charge on any atom is 0.252 e. The van der Waals surface area contributed by atoms with E-state index < -0.39 is 0 Å². The number of pyridine rings is 1. The molecule has 2 aromatic carbocycles. The van der Waals surface area contributed by atoms with Gasteiger partial charge in [0.15, 0.2) is 11.5 Å². The summed E-state index contributed by atoms with van der Waals surface area (Å²) in [5.74, 6) is 1.78. The number of carbonyl (C=O) groups excluding carboxylic acids is 1. The summed E-state index contributed by atoms with van der Waals surface area (Å²) in [6.45, 7) is 4.04. The Balaban J connectivity index is 1.51. The van der Waals surface area contributed by atoms with Crippen LogP contribution in [-0.4, -0.2) is 56.2 Å². The molecule has 1 aromatic heterocycles. The van der Waals surface area contributed by atoms with E-state index in [9.17, 15) is 4.79 Å². The second kappa shape index (κ2) is 10.3. The zero-order valence-electron chi connectivity index (χ0n) is 18.7. The fraction of sp³-hybridized carbons (Fsp3) is 0.360. The third-order valence-corrected chi connectivity index (χ3v) is 5.75. The number of nitrogens with one attached hydrogen (secondary N) is 2. The van der Waals surface area contributed by atoms with Gasteiger partial charge in [-0.2, -0.15) is 0 Å². The Labute approximate surface area is 188 Å². The molecule has 0 atom stereocenters. The molecule has 1 saturated heterocycles. The lowest BCUT2D eigenvalue weighted by Crippen LogP contribution is -2.28. The van der Waals surface area contributed by atoms with Crippen molar-refractivity contribution in [3.05, 3.63) is 54.1 Å². The summed E-state index contributed by atoms with van der Waals surface area (Å²) in [4.78, 5) is 20.2. The summed E-state index contributed by atoms with van der Waals surface area (Å²) < 4.78 is 10.7. The van der Waals surface area contributed by atoms with Crippen LogP contribution in [0.1, 0.15) is 29.6 Å². The van der Waals surface area contributed by atoms with E-state index in [1.807, 2.05) is 42.5 Å². The van der Waals surface area contributed by atoms with Gasteiger partial charge in [-0.1, -0.05) is 18.2 Å². The molecular formula is C25H30N4O3. The Hall–Kier alpha value is -3.32. The molecule has 0 aliphatic carbocycles. The molecule has 1 aliphatic rings. The topological polar surface area (TPSA) is 75.7 Å². The number of anilines is 2. The lowest BCUT2D eigenvalue weighted by atomic mass is 10.1. The number of benzene rings is 2. The fourth-order valence-electron chi connectivity index (χ4n) is 4.10. The molecule has 1 aliphatic heterocycles. The van der Waals surface area contributed by atoms with Crippen LogP contribution in [0.15, 0.2) is 48.5 Å². The van der Waals surface area contributed by atoms with E-state index in [0.29, 0.717) is 29.4 Å². The van der Waals surface area contributed by atoms with Gasteiger partial charge in [0.1, 0.15) is 5.82 Å². The molecule has 0 saturated carbocycles. The number of carbonyl (C=O) groups is 1. The number of ether oxygens (including phenoxy) is 2. The molecule has 0 radical (unpaired) electrons. The van der Waals surface area contributed by atoms with E-state index in [1.165, 1.54) is 25.9 Å². The van der Waals surface area contributed by atoms with Crippen molar-refractivity contribution in [2.45, 2.75) is 19.3 Å². The highest BCUT2D eigenvalue weighted by atomic mass is 16.5. The van der Waals surface area contributed by atoms with Crippen molar-refractivity contribution in [2.75, 3.05) is 45.7 Å². The van der Waals surface area contributed by atoms with Crippen molar-refractivity contribution >= 4 is 28.3 Å². The van der Waals surface area contributed by atoms with Gasteiger partial charge >= 0.3 is 0 Å². The van der Waals surface area contributed by atoms with E-state index in [1.54, 1.807) is 20.3 Å². The van der Waals surface area contributed by atoms with Crippen LogP contribution in [0.25, 0.3) is 10.9 Å². The first-order valence-corrected chi connectivity index (χ1v) is 11.1. The van der Waals surface area contributed by atoms with E-state index in [4.69, 9.17) is 14.5 Å². The third-order valence-electron chi connectivity index (χ3n) is 5.75. The number of hydrogen-bond donors (Lipinski definition) is 2. The molecular weight excluding hydrogens is 404 g/mol. The average Bonchev–Trinajstić information content (AvgIpc) is 3.34. The van der Waals surface area contributed by atoms with Gasteiger partial charge in [-0.25, -0.2) is 4.98 Å². The fourth-order valence-corrected chi connectivity index (χ4v) is 4.10. The average molecular weight is 435 g/mol. The highest BCUT2D eigenvalue weighted by Gasteiger charge is 2.15. The maximum absolute atomic E-state index is 13.0. The Morgan fingerprint density at radius 3 is 2.59 bits per heavy atom. The van der Waals surface area contributed by atoms with Crippen molar-refractivity contribution in [2.24, 2.45) is 0 Å². The first-order chi connectivity index (χ1) is 15.7. The predicted octanol–water partition coefficient (Wildman–Crippen LogP) is 4.21. The van der Waals surface area contributed by atoms with Crippen LogP contribution in [0.2, 0.25) is 0 Å². The summed E-state index contributed by atoms with van der Waals surface area (Å²) >= 11 is 0. The monoisotopic (exact) mass is 434 g/mol. The maximum atomic E-state index is 13.0. The molecule has 7 nitrogen and oxygen atoms in total. The van der Waals surface area contributed by atoms with Crippen LogP contribution in [0.5, 0.6) is 11.5 Å². The number of amides is 1. The molecule has 7 heteroatoms. The number of nitrogens with zero attached hydrogens (tertiary/aromatic N) is 2. The molecule has 0 bridgehead atoms. The second-order valence-electron chi connectivity index (χ2n) is 7.93. The molecule has 0 spiro atoms. The highest BCUT2D eigenvalue weighted by molar-refractivity contribution is 6.07. The van der Waals surface area contributed by atoms with Crippen molar-refractivity contribution in [1.29, 1.82) is 0 Å². The van der Waals surface area contributed by atoms with E-state index >= 15 is 0 Å². The highest BCUT2D eigenvalue weighted by Crippen LogP contribution is 2.31. The Kier molecular flexibility index (Phi) is 7.07. The summed E-state index contributed by atoms with van der Waals surface area (Å²) in [6, 6.07) is 15.1. The summed E-state index contributed by atoms with van der Waals surface area (Å²) in [7, 11) is 3.20. The molecule has 0 unspecified atom stereocenters. The lowest BCUT2D eigenvalue weighted by molar-refractivity contribution is 0.0953. The standard InChI is InChI=1S/C25H30N4O3/c1-31-22-11-10-18(16-23(22)32-2)27-24-17-20(19-8-3-4-9-21(19)28-24)25(30)26-12-7-15-29-13-5-6-14-29/h3-4,8-11,16-17H,5-7,12-15H2,1-2H3,(H,26,30)(H,27,28). The zero-order chi connectivity index (χ0) is 22.3. The summed E-state index contributed by atoms with van der Waals surface area (Å²) in [6.07, 6.45) is 3.52. The first-order valence-electron chi connectivity index (χ1n) is 11.1. The Morgan fingerprint density at radius 1 is 1.03 bits per heavy atom. The number of aromatic nitrogens is 1. The molecule has 3 aromatic rings. The van der Waals surface area contributed by atoms with E-state index in [-0.39, 0.29) is 5.91 Å². The van der Waals surface area contributed by atoms with Crippen LogP contribution in [0.4, 0.5) is 11.5 Å². The van der Waals surface area contributed by atoms with Gasteiger partial charge in [0.25, 0.3) is 5.91 Å². The van der Waals surface area contributed by atoms with Gasteiger partial charge < -0.3 is 25.0 Å². The predicted molar refractivity (Wildman–Crippen MR) is 127 cm³/mol. The molecule has 1 amide bonds. The Morgan fingerprint density at radius 2 is 1.81 bits per heavy atom. The van der Waals surface area contributed by atoms with Crippen molar-refractivity contribution in [3.63, 3.8) is 0 Å². The van der Waals surface area contributed by atoms with Crippen LogP contribution in [-0.2, 0) is 0 Å². The first kappa shape index (κ1) is 21.9. The quantitative estimate of drug-likeness (QED) is 0.492. The van der Waals surface area contributed by atoms with Crippen molar-refractivity contribution in [3.8, 4) is 11.5 Å². The van der Waals surface area contributed by atoms with Crippen LogP contribution in [0.3, 0.4) is 0 Å². The molecule has 4 rings (SSSR count). The Bertz CT molecular complexity index is 1080. The largest absolute Gasteiger partial charge is 0.493 e. The zero-order valence-corrected chi connectivity index (χ0v) is 18.7. The number of hydrogen-bond acceptors (Lipinski definition) is 6. The number of fused-ring (bicyclic) bond motifs is 1. The number of para-hydroxylation sites is 1. The lowest BCUT2D eigenvalue weighted by Gasteiger charge is -2.15. The van der Waals surface area contributed by atoms with Crippen LogP contribution < -0.4 is 20.1 Å². The SMILES string of the molecule is COc1ccc(Nc2cc(C(=O)NCCCN3CCCC3)c3ccccc3n2)cc1OC.